The second-order valence-electron chi connectivity index (χ2n) is 7.99. The van der Waals surface area contributed by atoms with Gasteiger partial charge in [0, 0.05) is 11.3 Å². The summed E-state index contributed by atoms with van der Waals surface area (Å²) >= 11 is 2.38. The Morgan fingerprint density at radius 1 is 0.865 bits per heavy atom. The molecule has 1 N–H and O–H groups in total. The van der Waals surface area contributed by atoms with Gasteiger partial charge in [-0.25, -0.2) is 13.2 Å². The number of benzene rings is 3. The molecule has 186 valence electrons. The van der Waals surface area contributed by atoms with E-state index in [0.29, 0.717) is 15.7 Å². The number of rotatable bonds is 6. The third-order valence-electron chi connectivity index (χ3n) is 5.63. The molecule has 2 heterocycles. The molecule has 5 rings (SSSR count). The van der Waals surface area contributed by atoms with Crippen molar-refractivity contribution in [2.24, 2.45) is 0 Å². The number of hydrogen-bond acceptors (Lipinski definition) is 7. The topological polar surface area (TPSA) is 83.4 Å². The molecular formula is C26H16F3N3O3S2. The summed E-state index contributed by atoms with van der Waals surface area (Å²) in [7, 11) is 0. The highest BCUT2D eigenvalue weighted by Gasteiger charge is 2.48. The quantitative estimate of drug-likeness (QED) is 0.108. The Hall–Kier alpha value is -3.96. The molecule has 1 aliphatic heterocycles. The molecule has 1 amide bonds. The van der Waals surface area contributed by atoms with Crippen LogP contribution in [0.3, 0.4) is 0 Å². The van der Waals surface area contributed by atoms with Crippen molar-refractivity contribution in [1.29, 1.82) is 0 Å². The van der Waals surface area contributed by atoms with Gasteiger partial charge in [-0.05, 0) is 59.7 Å². The molecule has 0 radical (unpaired) electrons. The van der Waals surface area contributed by atoms with Crippen LogP contribution < -0.4 is 4.90 Å². The van der Waals surface area contributed by atoms with E-state index in [-0.39, 0.29) is 22.1 Å². The first-order valence-corrected chi connectivity index (χ1v) is 12.6. The number of halogens is 3. The number of ketones is 1. The standard InChI is InChI=1S/C26H16F3N3O3S2/c27-17-7-1-14(2-8-17)13-36-26-31-30-25(37-26)32-21(15-3-9-18(28)10-4-15)20(23(34)24(32)35)22(33)16-5-11-19(29)12-6-16/h1-12,21,33H,13H2/b22-20-. The van der Waals surface area contributed by atoms with Gasteiger partial charge in [0.1, 0.15) is 23.2 Å². The van der Waals surface area contributed by atoms with E-state index in [1.165, 1.54) is 60.3 Å². The summed E-state index contributed by atoms with van der Waals surface area (Å²) in [6, 6.07) is 14.9. The summed E-state index contributed by atoms with van der Waals surface area (Å²) in [4.78, 5) is 27.4. The molecule has 0 bridgehead atoms. The van der Waals surface area contributed by atoms with E-state index in [1.807, 2.05) is 0 Å². The number of hydrogen-bond donors (Lipinski definition) is 1. The summed E-state index contributed by atoms with van der Waals surface area (Å²) in [5, 5.41) is 19.3. The molecule has 1 unspecified atom stereocenters. The van der Waals surface area contributed by atoms with Crippen molar-refractivity contribution in [2.75, 3.05) is 4.90 Å². The lowest BCUT2D eigenvalue weighted by Gasteiger charge is -2.22. The summed E-state index contributed by atoms with van der Waals surface area (Å²) in [5.74, 6) is -3.33. The van der Waals surface area contributed by atoms with Gasteiger partial charge in [-0.1, -0.05) is 47.4 Å². The Morgan fingerprint density at radius 3 is 2.05 bits per heavy atom. The molecule has 11 heteroatoms. The second kappa shape index (κ2) is 10.2. The van der Waals surface area contributed by atoms with Crippen LogP contribution in [0, 0.1) is 17.5 Å². The van der Waals surface area contributed by atoms with E-state index >= 15 is 0 Å². The minimum atomic E-state index is -1.12. The number of anilines is 1. The fourth-order valence-electron chi connectivity index (χ4n) is 3.84. The van der Waals surface area contributed by atoms with Crippen molar-refractivity contribution < 1.29 is 27.9 Å². The SMILES string of the molecule is O=C1C(=O)N(c2nnc(SCc3ccc(F)cc3)s2)C(c2ccc(F)cc2)/C1=C(/O)c1ccc(F)cc1. The van der Waals surface area contributed by atoms with Crippen molar-refractivity contribution in [2.45, 2.75) is 16.1 Å². The molecule has 6 nitrogen and oxygen atoms in total. The number of Topliss-reactive ketones (excluding diaryl/α,β-unsaturated/α-hetero) is 1. The molecule has 1 saturated heterocycles. The van der Waals surface area contributed by atoms with E-state index in [1.54, 1.807) is 12.1 Å². The van der Waals surface area contributed by atoms with Gasteiger partial charge in [0.15, 0.2) is 4.34 Å². The number of aliphatic hydroxyl groups excluding tert-OH is 1. The van der Waals surface area contributed by atoms with Crippen LogP contribution in [0.2, 0.25) is 0 Å². The highest BCUT2D eigenvalue weighted by Crippen LogP contribution is 2.44. The van der Waals surface area contributed by atoms with E-state index < -0.39 is 35.1 Å². The Balaban J connectivity index is 1.53. The average Bonchev–Trinajstić information content (AvgIpc) is 3.46. The lowest BCUT2D eigenvalue weighted by Crippen LogP contribution is -2.29. The van der Waals surface area contributed by atoms with Crippen molar-refractivity contribution >= 4 is 45.7 Å². The van der Waals surface area contributed by atoms with Crippen LogP contribution in [0.5, 0.6) is 0 Å². The van der Waals surface area contributed by atoms with Gasteiger partial charge in [0.25, 0.3) is 5.78 Å². The average molecular weight is 540 g/mol. The lowest BCUT2D eigenvalue weighted by molar-refractivity contribution is -0.132. The molecule has 0 saturated carbocycles. The first-order valence-electron chi connectivity index (χ1n) is 10.8. The third-order valence-corrected chi connectivity index (χ3v) is 7.75. The second-order valence-corrected chi connectivity index (χ2v) is 10.2. The van der Waals surface area contributed by atoms with E-state index in [4.69, 9.17) is 0 Å². The third kappa shape index (κ3) is 5.00. The van der Waals surface area contributed by atoms with E-state index in [2.05, 4.69) is 10.2 Å². The first kappa shape index (κ1) is 24.7. The van der Waals surface area contributed by atoms with Crippen LogP contribution in [0.25, 0.3) is 5.76 Å². The van der Waals surface area contributed by atoms with Crippen molar-refractivity contribution in [3.05, 3.63) is 113 Å². The lowest BCUT2D eigenvalue weighted by atomic mass is 9.95. The summed E-state index contributed by atoms with van der Waals surface area (Å²) in [5.41, 5.74) is 1.12. The predicted molar refractivity (Wildman–Crippen MR) is 133 cm³/mol. The maximum absolute atomic E-state index is 13.7. The largest absolute Gasteiger partial charge is 0.507 e. The molecule has 0 spiro atoms. The first-order chi connectivity index (χ1) is 17.8. The summed E-state index contributed by atoms with van der Waals surface area (Å²) in [6.07, 6.45) is 0. The molecular weight excluding hydrogens is 523 g/mol. The number of aromatic nitrogens is 2. The number of thioether (sulfide) groups is 1. The van der Waals surface area contributed by atoms with Crippen LogP contribution in [-0.4, -0.2) is 27.0 Å². The molecule has 1 aromatic heterocycles. The summed E-state index contributed by atoms with van der Waals surface area (Å²) in [6.45, 7) is 0. The number of aliphatic hydroxyl groups is 1. The normalized spacial score (nSPS) is 16.9. The molecule has 1 fully saturated rings. The van der Waals surface area contributed by atoms with Crippen LogP contribution in [0.1, 0.15) is 22.7 Å². The van der Waals surface area contributed by atoms with Crippen molar-refractivity contribution in [3.8, 4) is 0 Å². The van der Waals surface area contributed by atoms with Crippen molar-refractivity contribution in [1.82, 2.24) is 10.2 Å². The molecule has 1 aliphatic rings. The zero-order chi connectivity index (χ0) is 26.1. The van der Waals surface area contributed by atoms with Gasteiger partial charge in [0.05, 0.1) is 11.6 Å². The molecule has 37 heavy (non-hydrogen) atoms. The van der Waals surface area contributed by atoms with Crippen molar-refractivity contribution in [3.63, 3.8) is 0 Å². The number of carbonyl (C=O) groups excluding carboxylic acids is 2. The smallest absolute Gasteiger partial charge is 0.301 e. The number of nitrogens with zero attached hydrogens (tertiary/aromatic N) is 3. The van der Waals surface area contributed by atoms with Gasteiger partial charge in [-0.15, -0.1) is 10.2 Å². The fraction of sp³-hybridized carbons (Fsp3) is 0.0769. The van der Waals surface area contributed by atoms with E-state index in [0.717, 1.165) is 33.9 Å². The molecule has 1 atom stereocenters. The van der Waals surface area contributed by atoms with Gasteiger partial charge in [-0.2, -0.15) is 0 Å². The number of carbonyl (C=O) groups is 2. The van der Waals surface area contributed by atoms with Crippen LogP contribution in [-0.2, 0) is 15.3 Å². The highest BCUT2D eigenvalue weighted by molar-refractivity contribution is 8.00. The maximum Gasteiger partial charge on any atom is 0.301 e. The van der Waals surface area contributed by atoms with E-state index in [9.17, 15) is 27.9 Å². The maximum atomic E-state index is 13.7. The highest BCUT2D eigenvalue weighted by atomic mass is 32.2. The monoisotopic (exact) mass is 539 g/mol. The van der Waals surface area contributed by atoms with Crippen LogP contribution >= 0.6 is 23.1 Å². The zero-order valence-electron chi connectivity index (χ0n) is 18.8. The molecule has 3 aromatic carbocycles. The fourth-order valence-corrected chi connectivity index (χ4v) is 5.66. The zero-order valence-corrected chi connectivity index (χ0v) is 20.4. The minimum Gasteiger partial charge on any atom is -0.507 e. The predicted octanol–water partition coefficient (Wildman–Crippen LogP) is 5.87. The molecule has 4 aromatic rings. The Kier molecular flexibility index (Phi) is 6.81. The van der Waals surface area contributed by atoms with Crippen LogP contribution in [0.4, 0.5) is 18.3 Å². The Bertz CT molecular complexity index is 1500. The van der Waals surface area contributed by atoms with Crippen LogP contribution in [0.15, 0.2) is 82.7 Å². The molecule has 0 aliphatic carbocycles. The van der Waals surface area contributed by atoms with Gasteiger partial charge >= 0.3 is 5.91 Å². The summed E-state index contributed by atoms with van der Waals surface area (Å²) < 4.78 is 40.7. The Morgan fingerprint density at radius 2 is 1.43 bits per heavy atom. The van der Waals surface area contributed by atoms with Gasteiger partial charge in [-0.3, -0.25) is 14.5 Å². The minimum absolute atomic E-state index is 0.108. The number of amides is 1. The van der Waals surface area contributed by atoms with Gasteiger partial charge < -0.3 is 5.11 Å². The van der Waals surface area contributed by atoms with Gasteiger partial charge in [0.2, 0.25) is 5.13 Å². The Labute approximate surface area is 217 Å².